The number of sulfonamides is 1. The molecule has 1 aliphatic rings. The Hall–Kier alpha value is -2.44. The van der Waals surface area contributed by atoms with E-state index in [0.717, 1.165) is 36.8 Å². The quantitative estimate of drug-likeness (QED) is 0.611. The number of nitrogens with zero attached hydrogens (tertiary/aromatic N) is 2. The van der Waals surface area contributed by atoms with Crippen molar-refractivity contribution in [2.75, 3.05) is 7.05 Å². The highest BCUT2D eigenvalue weighted by Crippen LogP contribution is 2.29. The standard InChI is InChI=1S/C22H24N2O3S/c1-24(19-10-6-3-7-11-19)28(25,26)20-14-12-18(13-15-20)22-23-16-21(27-22)17-8-4-2-5-9-17/h2,4-5,8-9,12-16,19H,3,6-7,10-11H2,1H3. The first-order valence-electron chi connectivity index (χ1n) is 9.65. The van der Waals surface area contributed by atoms with Gasteiger partial charge in [0.05, 0.1) is 11.1 Å². The zero-order valence-corrected chi connectivity index (χ0v) is 16.7. The summed E-state index contributed by atoms with van der Waals surface area (Å²) in [6.07, 6.45) is 6.94. The fourth-order valence-electron chi connectivity index (χ4n) is 3.72. The van der Waals surface area contributed by atoms with Gasteiger partial charge in [-0.1, -0.05) is 49.6 Å². The van der Waals surface area contributed by atoms with Gasteiger partial charge in [0.25, 0.3) is 0 Å². The van der Waals surface area contributed by atoms with Crippen molar-refractivity contribution >= 4 is 10.0 Å². The van der Waals surface area contributed by atoms with Crippen molar-refractivity contribution in [1.29, 1.82) is 0 Å². The van der Waals surface area contributed by atoms with Gasteiger partial charge in [-0.25, -0.2) is 13.4 Å². The molecule has 0 bridgehead atoms. The fraction of sp³-hybridized carbons (Fsp3) is 0.318. The third kappa shape index (κ3) is 3.75. The first-order valence-corrected chi connectivity index (χ1v) is 11.1. The maximum Gasteiger partial charge on any atom is 0.243 e. The molecule has 1 saturated carbocycles. The lowest BCUT2D eigenvalue weighted by molar-refractivity contribution is 0.286. The van der Waals surface area contributed by atoms with Gasteiger partial charge >= 0.3 is 0 Å². The van der Waals surface area contributed by atoms with Crippen LogP contribution in [0, 0.1) is 0 Å². The van der Waals surface area contributed by atoms with E-state index < -0.39 is 10.0 Å². The Morgan fingerprint density at radius 2 is 1.61 bits per heavy atom. The van der Waals surface area contributed by atoms with Gasteiger partial charge in [-0.2, -0.15) is 4.31 Å². The summed E-state index contributed by atoms with van der Waals surface area (Å²) >= 11 is 0. The molecule has 4 rings (SSSR count). The van der Waals surface area contributed by atoms with E-state index in [-0.39, 0.29) is 6.04 Å². The molecule has 0 N–H and O–H groups in total. The Kier molecular flexibility index (Phi) is 5.33. The summed E-state index contributed by atoms with van der Waals surface area (Å²) in [5.74, 6) is 1.16. The van der Waals surface area contributed by atoms with Crippen molar-refractivity contribution in [3.8, 4) is 22.8 Å². The summed E-state index contributed by atoms with van der Waals surface area (Å²) in [7, 11) is -1.80. The van der Waals surface area contributed by atoms with Crippen LogP contribution in [0.15, 0.2) is 70.1 Å². The molecule has 146 valence electrons. The molecule has 0 radical (unpaired) electrons. The van der Waals surface area contributed by atoms with Crippen molar-refractivity contribution in [3.05, 3.63) is 60.8 Å². The predicted octanol–water partition coefficient (Wildman–Crippen LogP) is 4.96. The highest BCUT2D eigenvalue weighted by atomic mass is 32.2. The number of hydrogen-bond donors (Lipinski definition) is 0. The highest BCUT2D eigenvalue weighted by molar-refractivity contribution is 7.89. The zero-order valence-electron chi connectivity index (χ0n) is 15.9. The molecule has 0 spiro atoms. The molecule has 0 saturated heterocycles. The van der Waals surface area contributed by atoms with Crippen LogP contribution < -0.4 is 0 Å². The van der Waals surface area contributed by atoms with Gasteiger partial charge in [-0.3, -0.25) is 0 Å². The molecule has 1 fully saturated rings. The van der Waals surface area contributed by atoms with Gasteiger partial charge in [0, 0.05) is 24.2 Å². The highest BCUT2D eigenvalue weighted by Gasteiger charge is 2.29. The van der Waals surface area contributed by atoms with E-state index in [0.29, 0.717) is 16.5 Å². The predicted molar refractivity (Wildman–Crippen MR) is 109 cm³/mol. The number of rotatable bonds is 5. The van der Waals surface area contributed by atoms with E-state index in [1.807, 2.05) is 30.3 Å². The Labute approximate surface area is 166 Å². The number of benzene rings is 2. The van der Waals surface area contributed by atoms with E-state index in [9.17, 15) is 8.42 Å². The van der Waals surface area contributed by atoms with Crippen LogP contribution in [-0.4, -0.2) is 30.8 Å². The summed E-state index contributed by atoms with van der Waals surface area (Å²) in [4.78, 5) is 4.64. The van der Waals surface area contributed by atoms with Crippen molar-refractivity contribution in [2.45, 2.75) is 43.0 Å². The summed E-state index contributed by atoms with van der Waals surface area (Å²) in [5.41, 5.74) is 1.70. The van der Waals surface area contributed by atoms with E-state index in [4.69, 9.17) is 4.42 Å². The summed E-state index contributed by atoms with van der Waals surface area (Å²) in [5, 5.41) is 0. The fourth-order valence-corrected chi connectivity index (χ4v) is 5.14. The van der Waals surface area contributed by atoms with Crippen molar-refractivity contribution in [3.63, 3.8) is 0 Å². The molecular formula is C22H24N2O3S. The van der Waals surface area contributed by atoms with E-state index in [2.05, 4.69) is 4.98 Å². The smallest absolute Gasteiger partial charge is 0.243 e. The van der Waals surface area contributed by atoms with Crippen LogP contribution in [0.5, 0.6) is 0 Å². The number of oxazole rings is 1. The topological polar surface area (TPSA) is 63.4 Å². The molecule has 0 aliphatic heterocycles. The molecule has 2 aromatic carbocycles. The van der Waals surface area contributed by atoms with Crippen molar-refractivity contribution in [1.82, 2.24) is 9.29 Å². The average molecular weight is 397 g/mol. The second kappa shape index (κ2) is 7.89. The monoisotopic (exact) mass is 396 g/mol. The van der Waals surface area contributed by atoms with Crippen LogP contribution in [-0.2, 0) is 10.0 Å². The van der Waals surface area contributed by atoms with Gasteiger partial charge in [0.1, 0.15) is 0 Å². The molecule has 0 amide bonds. The van der Waals surface area contributed by atoms with Gasteiger partial charge in [-0.15, -0.1) is 0 Å². The molecule has 0 unspecified atom stereocenters. The lowest BCUT2D eigenvalue weighted by atomic mass is 9.96. The number of aromatic nitrogens is 1. The zero-order chi connectivity index (χ0) is 19.6. The molecule has 1 aromatic heterocycles. The molecule has 5 nitrogen and oxygen atoms in total. The lowest BCUT2D eigenvalue weighted by Crippen LogP contribution is -2.38. The summed E-state index contributed by atoms with van der Waals surface area (Å²) in [6, 6.07) is 16.6. The van der Waals surface area contributed by atoms with E-state index >= 15 is 0 Å². The van der Waals surface area contributed by atoms with Crippen molar-refractivity contribution in [2.24, 2.45) is 0 Å². The first kappa shape index (κ1) is 18.9. The third-order valence-electron chi connectivity index (χ3n) is 5.43. The van der Waals surface area contributed by atoms with Crippen LogP contribution in [0.3, 0.4) is 0 Å². The summed E-state index contributed by atoms with van der Waals surface area (Å²) in [6.45, 7) is 0. The van der Waals surface area contributed by atoms with Crippen LogP contribution >= 0.6 is 0 Å². The van der Waals surface area contributed by atoms with Crippen LogP contribution in [0.1, 0.15) is 32.1 Å². The van der Waals surface area contributed by atoms with Crippen LogP contribution in [0.25, 0.3) is 22.8 Å². The lowest BCUT2D eigenvalue weighted by Gasteiger charge is -2.30. The molecule has 1 heterocycles. The molecule has 28 heavy (non-hydrogen) atoms. The maximum absolute atomic E-state index is 13.0. The molecular weight excluding hydrogens is 372 g/mol. The number of hydrogen-bond acceptors (Lipinski definition) is 4. The van der Waals surface area contributed by atoms with Crippen LogP contribution in [0.4, 0.5) is 0 Å². The van der Waals surface area contributed by atoms with Gasteiger partial charge < -0.3 is 4.42 Å². The average Bonchev–Trinajstić information content (AvgIpc) is 3.25. The van der Waals surface area contributed by atoms with Crippen molar-refractivity contribution < 1.29 is 12.8 Å². The van der Waals surface area contributed by atoms with Gasteiger partial charge in [0.2, 0.25) is 15.9 Å². The Morgan fingerprint density at radius 3 is 2.29 bits per heavy atom. The largest absolute Gasteiger partial charge is 0.436 e. The second-order valence-corrected chi connectivity index (χ2v) is 9.23. The van der Waals surface area contributed by atoms with E-state index in [1.165, 1.54) is 6.42 Å². The van der Waals surface area contributed by atoms with Crippen LogP contribution in [0.2, 0.25) is 0 Å². The molecule has 6 heteroatoms. The third-order valence-corrected chi connectivity index (χ3v) is 7.36. The van der Waals surface area contributed by atoms with Gasteiger partial charge in [0.15, 0.2) is 5.76 Å². The normalized spacial score (nSPS) is 15.8. The maximum atomic E-state index is 13.0. The minimum Gasteiger partial charge on any atom is -0.436 e. The summed E-state index contributed by atoms with van der Waals surface area (Å²) < 4.78 is 33.3. The molecule has 1 aliphatic carbocycles. The SMILES string of the molecule is CN(C1CCCCC1)S(=O)(=O)c1ccc(-c2ncc(-c3ccccc3)o2)cc1. The Bertz CT molecular complexity index is 1020. The molecule has 0 atom stereocenters. The minimum absolute atomic E-state index is 0.0959. The second-order valence-electron chi connectivity index (χ2n) is 7.23. The Balaban J connectivity index is 1.55. The molecule has 3 aromatic rings. The van der Waals surface area contributed by atoms with E-state index in [1.54, 1.807) is 41.8 Å². The Morgan fingerprint density at radius 1 is 0.929 bits per heavy atom. The first-order chi connectivity index (χ1) is 13.6. The minimum atomic E-state index is -3.49. The van der Waals surface area contributed by atoms with Gasteiger partial charge in [-0.05, 0) is 37.1 Å².